The second-order valence-corrected chi connectivity index (χ2v) is 11.2. The number of nitrogens with zero attached hydrogens (tertiary/aromatic N) is 2. The third-order valence-electron chi connectivity index (χ3n) is 8.22. The van der Waals surface area contributed by atoms with Gasteiger partial charge in [-0.3, -0.25) is 14.4 Å². The van der Waals surface area contributed by atoms with E-state index < -0.39 is 17.8 Å². The second kappa shape index (κ2) is 13.2. The van der Waals surface area contributed by atoms with Crippen molar-refractivity contribution in [3.8, 4) is 0 Å². The molecule has 3 aliphatic heterocycles. The van der Waals surface area contributed by atoms with Crippen molar-refractivity contribution < 1.29 is 24.0 Å². The molecule has 4 atom stereocenters. The van der Waals surface area contributed by atoms with Gasteiger partial charge in [-0.15, -0.1) is 5.06 Å². The molecule has 4 unspecified atom stereocenters. The van der Waals surface area contributed by atoms with Crippen LogP contribution in [-0.4, -0.2) is 59.8 Å². The Morgan fingerprint density at radius 3 is 1.70 bits per heavy atom. The molecule has 3 heterocycles. The Bertz CT molecular complexity index is 1150. The number of nitrogens with one attached hydrogen (secondary N) is 1. The summed E-state index contributed by atoms with van der Waals surface area (Å²) in [6.07, 6.45) is 7.17. The zero-order chi connectivity index (χ0) is 27.9. The van der Waals surface area contributed by atoms with Crippen LogP contribution in [-0.2, 0) is 24.0 Å². The van der Waals surface area contributed by atoms with Gasteiger partial charge in [0.15, 0.2) is 0 Å². The highest BCUT2D eigenvalue weighted by molar-refractivity contribution is 6.01. The van der Waals surface area contributed by atoms with Crippen LogP contribution < -0.4 is 5.32 Å². The van der Waals surface area contributed by atoms with Crippen molar-refractivity contribution in [3.63, 3.8) is 0 Å². The molecule has 0 spiro atoms. The lowest BCUT2D eigenvalue weighted by Gasteiger charge is -2.14. The van der Waals surface area contributed by atoms with E-state index in [1.54, 1.807) is 0 Å². The summed E-state index contributed by atoms with van der Waals surface area (Å²) in [5.74, 6) is -0.297. The van der Waals surface area contributed by atoms with Crippen LogP contribution in [0.15, 0.2) is 60.7 Å². The Morgan fingerprint density at radius 1 is 0.700 bits per heavy atom. The topological polar surface area (TPSA) is 96.0 Å². The fraction of sp³-hybridized carbons (Fsp3) is 0.500. The fourth-order valence-electron chi connectivity index (χ4n) is 5.67. The molecule has 5 aliphatic rings. The number of amides is 3. The van der Waals surface area contributed by atoms with E-state index in [1.165, 1.54) is 44.3 Å². The molecule has 3 saturated heterocycles. The smallest absolute Gasteiger partial charge is 0.336 e. The van der Waals surface area contributed by atoms with Gasteiger partial charge in [0, 0.05) is 31.8 Å². The van der Waals surface area contributed by atoms with E-state index in [-0.39, 0.29) is 30.6 Å². The minimum absolute atomic E-state index is 0.124. The first-order valence-electron chi connectivity index (χ1n) is 14.7. The standard InChI is InChI=1S/C14H13NO4.C14H17NO.C4H9N/c16-12-6-7-13(17)15(12)19-14(18)11-8-10(11)9-4-2-1-3-5-9;16-14(15-8-4-5-9-15)13-10-12(13)11-6-2-1-3-7-11;1-2-4-5-3-1/h1-5,10-11H,6-8H2;1-3,6-7,12-13H,4-5,8-10H2;5H,1-4H2. The molecule has 2 aromatic carbocycles. The van der Waals surface area contributed by atoms with Gasteiger partial charge < -0.3 is 15.1 Å². The molecule has 0 aromatic heterocycles. The van der Waals surface area contributed by atoms with Crippen LogP contribution in [0.4, 0.5) is 0 Å². The minimum Gasteiger partial charge on any atom is -0.342 e. The first-order valence-corrected chi connectivity index (χ1v) is 14.7. The van der Waals surface area contributed by atoms with Crippen LogP contribution in [0.25, 0.3) is 0 Å². The van der Waals surface area contributed by atoms with E-state index in [4.69, 9.17) is 4.84 Å². The minimum atomic E-state index is -0.488. The number of carbonyl (C=O) groups is 4. The number of carbonyl (C=O) groups excluding carboxylic acids is 4. The van der Waals surface area contributed by atoms with Crippen molar-refractivity contribution >= 4 is 23.7 Å². The molecule has 1 N–H and O–H groups in total. The van der Waals surface area contributed by atoms with Gasteiger partial charge in [0.05, 0.1) is 5.92 Å². The zero-order valence-electron chi connectivity index (χ0n) is 23.0. The average Bonchev–Trinajstić information content (AvgIpc) is 3.75. The molecule has 3 amide bonds. The highest BCUT2D eigenvalue weighted by atomic mass is 16.7. The van der Waals surface area contributed by atoms with Crippen molar-refractivity contribution in [1.29, 1.82) is 0 Å². The maximum atomic E-state index is 12.1. The summed E-state index contributed by atoms with van der Waals surface area (Å²) >= 11 is 0. The Morgan fingerprint density at radius 2 is 1.20 bits per heavy atom. The molecular formula is C32H39N3O5. The molecule has 2 aliphatic carbocycles. The Hall–Kier alpha value is -3.52. The SMILES string of the molecule is C1CCNC1.O=C(C1CC1c1ccccc1)N1CCCC1.O=C(ON1C(=O)CCC1=O)C1CC1c1ccccc1. The Balaban J connectivity index is 0.000000139. The van der Waals surface area contributed by atoms with Crippen LogP contribution in [0.3, 0.4) is 0 Å². The van der Waals surface area contributed by atoms with Gasteiger partial charge in [0.2, 0.25) is 5.91 Å². The van der Waals surface area contributed by atoms with Gasteiger partial charge in [0.1, 0.15) is 0 Å². The maximum absolute atomic E-state index is 12.1. The number of hydrogen-bond acceptors (Lipinski definition) is 6. The van der Waals surface area contributed by atoms with Crippen molar-refractivity contribution in [3.05, 3.63) is 71.8 Å². The van der Waals surface area contributed by atoms with Crippen LogP contribution in [0.1, 0.15) is 74.3 Å². The molecule has 2 aromatic rings. The van der Waals surface area contributed by atoms with Crippen molar-refractivity contribution in [2.24, 2.45) is 11.8 Å². The molecule has 2 saturated carbocycles. The number of benzene rings is 2. The first-order chi connectivity index (χ1) is 19.5. The van der Waals surface area contributed by atoms with Gasteiger partial charge in [-0.2, -0.15) is 0 Å². The molecule has 0 radical (unpaired) electrons. The van der Waals surface area contributed by atoms with Gasteiger partial charge in [0.25, 0.3) is 11.8 Å². The number of hydrogen-bond donors (Lipinski definition) is 1. The molecule has 40 heavy (non-hydrogen) atoms. The lowest BCUT2D eigenvalue weighted by Crippen LogP contribution is -2.32. The maximum Gasteiger partial charge on any atom is 0.336 e. The Labute approximate surface area is 236 Å². The van der Waals surface area contributed by atoms with E-state index >= 15 is 0 Å². The van der Waals surface area contributed by atoms with Crippen LogP contribution in [0.2, 0.25) is 0 Å². The molecule has 7 rings (SSSR count). The van der Waals surface area contributed by atoms with Gasteiger partial charge >= 0.3 is 5.97 Å². The summed E-state index contributed by atoms with van der Waals surface area (Å²) in [5.41, 5.74) is 2.42. The van der Waals surface area contributed by atoms with E-state index in [9.17, 15) is 19.2 Å². The largest absolute Gasteiger partial charge is 0.342 e. The highest BCUT2D eigenvalue weighted by Gasteiger charge is 2.48. The van der Waals surface area contributed by atoms with E-state index in [0.717, 1.165) is 25.1 Å². The normalized spacial score (nSPS) is 26.4. The molecular weight excluding hydrogens is 506 g/mol. The number of likely N-dealkylation sites (tertiary alicyclic amines) is 1. The van der Waals surface area contributed by atoms with Gasteiger partial charge in [-0.25, -0.2) is 4.79 Å². The molecule has 8 nitrogen and oxygen atoms in total. The molecule has 212 valence electrons. The van der Waals surface area contributed by atoms with Crippen molar-refractivity contribution in [1.82, 2.24) is 15.3 Å². The monoisotopic (exact) mass is 545 g/mol. The summed E-state index contributed by atoms with van der Waals surface area (Å²) in [6.45, 7) is 4.47. The Kier molecular flexibility index (Phi) is 9.26. The first kappa shape index (κ1) is 28.0. The van der Waals surface area contributed by atoms with Crippen molar-refractivity contribution in [2.75, 3.05) is 26.2 Å². The number of imide groups is 1. The zero-order valence-corrected chi connectivity index (χ0v) is 23.0. The van der Waals surface area contributed by atoms with E-state index in [1.807, 2.05) is 41.3 Å². The van der Waals surface area contributed by atoms with Gasteiger partial charge in [-0.1, -0.05) is 60.7 Å². The van der Waals surface area contributed by atoms with Gasteiger partial charge in [-0.05, 0) is 74.6 Å². The summed E-state index contributed by atoms with van der Waals surface area (Å²) in [4.78, 5) is 53.6. The summed E-state index contributed by atoms with van der Waals surface area (Å²) in [7, 11) is 0. The van der Waals surface area contributed by atoms with Crippen LogP contribution in [0, 0.1) is 11.8 Å². The van der Waals surface area contributed by atoms with E-state index in [2.05, 4.69) is 29.6 Å². The fourth-order valence-corrected chi connectivity index (χ4v) is 5.67. The number of hydroxylamine groups is 2. The predicted molar refractivity (Wildman–Crippen MR) is 150 cm³/mol. The second-order valence-electron chi connectivity index (χ2n) is 11.2. The molecule has 8 heteroatoms. The average molecular weight is 546 g/mol. The third-order valence-corrected chi connectivity index (χ3v) is 8.22. The summed E-state index contributed by atoms with van der Waals surface area (Å²) in [6, 6.07) is 20.1. The lowest BCUT2D eigenvalue weighted by molar-refractivity contribution is -0.198. The molecule has 5 fully saturated rings. The quantitative estimate of drug-likeness (QED) is 0.567. The van der Waals surface area contributed by atoms with E-state index in [0.29, 0.717) is 23.3 Å². The lowest BCUT2D eigenvalue weighted by atomic mass is 10.1. The molecule has 0 bridgehead atoms. The highest BCUT2D eigenvalue weighted by Crippen LogP contribution is 2.49. The third kappa shape index (κ3) is 7.16. The summed E-state index contributed by atoms with van der Waals surface area (Å²) < 4.78 is 0. The van der Waals surface area contributed by atoms with Crippen LogP contribution in [0.5, 0.6) is 0 Å². The predicted octanol–water partition coefficient (Wildman–Crippen LogP) is 4.18. The number of rotatable bonds is 5. The van der Waals surface area contributed by atoms with Crippen molar-refractivity contribution in [2.45, 2.75) is 63.2 Å². The van der Waals surface area contributed by atoms with Crippen LogP contribution >= 0.6 is 0 Å². The summed E-state index contributed by atoms with van der Waals surface area (Å²) in [5, 5.41) is 3.84.